The fourth-order valence-electron chi connectivity index (χ4n) is 2.39. The smallest absolute Gasteiger partial charge is 0.226 e. The molecule has 0 saturated heterocycles. The van der Waals surface area contributed by atoms with Crippen molar-refractivity contribution in [2.24, 2.45) is 5.92 Å². The van der Waals surface area contributed by atoms with E-state index in [0.717, 1.165) is 37.6 Å². The van der Waals surface area contributed by atoms with Gasteiger partial charge in [-0.1, -0.05) is 13.8 Å². The highest BCUT2D eigenvalue weighted by atomic mass is 16.2. The Labute approximate surface area is 102 Å². The van der Waals surface area contributed by atoms with E-state index in [-0.39, 0.29) is 11.8 Å². The van der Waals surface area contributed by atoms with Crippen LogP contribution in [-0.2, 0) is 17.9 Å². The van der Waals surface area contributed by atoms with Crippen LogP contribution < -0.4 is 0 Å². The summed E-state index contributed by atoms with van der Waals surface area (Å²) in [5, 5.41) is 8.17. The summed E-state index contributed by atoms with van der Waals surface area (Å²) in [4.78, 5) is 14.2. The molecule has 0 saturated carbocycles. The minimum Gasteiger partial charge on any atom is -0.333 e. The predicted octanol–water partition coefficient (Wildman–Crippen LogP) is 1.36. The second kappa shape index (κ2) is 4.85. The van der Waals surface area contributed by atoms with E-state index in [1.165, 1.54) is 0 Å². The van der Waals surface area contributed by atoms with E-state index in [9.17, 15) is 4.79 Å². The third kappa shape index (κ3) is 2.18. The van der Waals surface area contributed by atoms with Crippen molar-refractivity contribution in [2.45, 2.75) is 46.7 Å². The summed E-state index contributed by atoms with van der Waals surface area (Å²) in [7, 11) is 0. The number of hydrogen-bond acceptors (Lipinski definition) is 3. The minimum absolute atomic E-state index is 0.158. The molecule has 0 N–H and O–H groups in total. The summed E-state index contributed by atoms with van der Waals surface area (Å²) in [6, 6.07) is 0. The molecule has 0 atom stereocenters. The van der Waals surface area contributed by atoms with Crippen molar-refractivity contribution < 1.29 is 4.79 Å². The van der Waals surface area contributed by atoms with Crippen LogP contribution in [-0.4, -0.2) is 32.1 Å². The maximum atomic E-state index is 12.2. The van der Waals surface area contributed by atoms with E-state index in [0.29, 0.717) is 6.54 Å². The Morgan fingerprint density at radius 3 is 2.65 bits per heavy atom. The van der Waals surface area contributed by atoms with Crippen molar-refractivity contribution in [2.75, 3.05) is 6.54 Å². The summed E-state index contributed by atoms with van der Waals surface area (Å²) in [5.41, 5.74) is 0. The molecule has 0 aromatic carbocycles. The number of amides is 1. The Balaban J connectivity index is 2.09. The fourth-order valence-corrected chi connectivity index (χ4v) is 2.39. The van der Waals surface area contributed by atoms with Crippen molar-refractivity contribution in [1.82, 2.24) is 19.7 Å². The maximum absolute atomic E-state index is 12.2. The highest BCUT2D eigenvalue weighted by molar-refractivity contribution is 5.78. The van der Waals surface area contributed by atoms with Gasteiger partial charge < -0.3 is 9.47 Å². The molecule has 5 nitrogen and oxygen atoms in total. The van der Waals surface area contributed by atoms with Crippen LogP contribution >= 0.6 is 0 Å². The van der Waals surface area contributed by atoms with E-state index >= 15 is 0 Å². The van der Waals surface area contributed by atoms with Gasteiger partial charge in [0.25, 0.3) is 0 Å². The summed E-state index contributed by atoms with van der Waals surface area (Å²) in [6.45, 7) is 8.30. The van der Waals surface area contributed by atoms with Crippen molar-refractivity contribution in [1.29, 1.82) is 0 Å². The molecular weight excluding hydrogens is 216 g/mol. The van der Waals surface area contributed by atoms with Gasteiger partial charge in [-0.05, 0) is 19.8 Å². The quantitative estimate of drug-likeness (QED) is 0.796. The molecule has 2 rings (SSSR count). The molecule has 0 fully saturated rings. The van der Waals surface area contributed by atoms with Crippen molar-refractivity contribution in [3.8, 4) is 0 Å². The molecule has 1 amide bonds. The van der Waals surface area contributed by atoms with Gasteiger partial charge >= 0.3 is 0 Å². The third-order valence-electron chi connectivity index (χ3n) is 3.58. The topological polar surface area (TPSA) is 51.0 Å². The van der Waals surface area contributed by atoms with Gasteiger partial charge in [-0.15, -0.1) is 10.2 Å². The fraction of sp³-hybridized carbons (Fsp3) is 0.750. The zero-order valence-corrected chi connectivity index (χ0v) is 10.8. The number of nitrogens with zero attached hydrogens (tertiary/aromatic N) is 4. The molecule has 0 spiro atoms. The molecule has 1 aliphatic heterocycles. The van der Waals surface area contributed by atoms with E-state index in [4.69, 9.17) is 0 Å². The number of carbonyl (C=O) groups excluding carboxylic acids is 1. The molecule has 5 heteroatoms. The van der Waals surface area contributed by atoms with Gasteiger partial charge in [0.2, 0.25) is 5.91 Å². The minimum atomic E-state index is 0.158. The number of aromatic nitrogens is 3. The van der Waals surface area contributed by atoms with Crippen LogP contribution in [0.3, 0.4) is 0 Å². The highest BCUT2D eigenvalue weighted by Crippen LogP contribution is 2.17. The van der Waals surface area contributed by atoms with E-state index in [1.807, 2.05) is 11.8 Å². The van der Waals surface area contributed by atoms with Gasteiger partial charge in [0.05, 0.1) is 6.54 Å². The summed E-state index contributed by atoms with van der Waals surface area (Å²) < 4.78 is 2.09. The van der Waals surface area contributed by atoms with Crippen LogP contribution in [0.2, 0.25) is 0 Å². The second-order valence-corrected chi connectivity index (χ2v) is 4.59. The molecular formula is C12H20N4O. The van der Waals surface area contributed by atoms with Gasteiger partial charge in [0, 0.05) is 19.0 Å². The third-order valence-corrected chi connectivity index (χ3v) is 3.58. The van der Waals surface area contributed by atoms with Gasteiger partial charge in [0.1, 0.15) is 5.82 Å². The Bertz CT molecular complexity index is 409. The Morgan fingerprint density at radius 1 is 1.29 bits per heavy atom. The molecule has 0 unspecified atom stereocenters. The van der Waals surface area contributed by atoms with Crippen LogP contribution in [0.4, 0.5) is 0 Å². The Morgan fingerprint density at radius 2 is 2.00 bits per heavy atom. The number of rotatable bonds is 3. The molecule has 17 heavy (non-hydrogen) atoms. The van der Waals surface area contributed by atoms with Gasteiger partial charge in [-0.2, -0.15) is 0 Å². The van der Waals surface area contributed by atoms with E-state index in [1.54, 1.807) is 0 Å². The average Bonchev–Trinajstić information content (AvgIpc) is 2.72. The molecule has 0 aliphatic carbocycles. The average molecular weight is 236 g/mol. The highest BCUT2D eigenvalue weighted by Gasteiger charge is 2.26. The predicted molar refractivity (Wildman–Crippen MR) is 64.2 cm³/mol. The summed E-state index contributed by atoms with van der Waals surface area (Å²) >= 11 is 0. The molecule has 0 radical (unpaired) electrons. The van der Waals surface area contributed by atoms with Gasteiger partial charge in [0.15, 0.2) is 5.82 Å². The normalized spacial score (nSPS) is 15.2. The van der Waals surface area contributed by atoms with Crippen LogP contribution in [0.5, 0.6) is 0 Å². The lowest BCUT2D eigenvalue weighted by Crippen LogP contribution is -2.41. The summed E-state index contributed by atoms with van der Waals surface area (Å²) in [5.74, 6) is 2.27. The number of hydrogen-bond donors (Lipinski definition) is 0. The van der Waals surface area contributed by atoms with Gasteiger partial charge in [-0.3, -0.25) is 4.79 Å². The van der Waals surface area contributed by atoms with Crippen LogP contribution in [0, 0.1) is 12.8 Å². The van der Waals surface area contributed by atoms with Gasteiger partial charge in [-0.25, -0.2) is 0 Å². The van der Waals surface area contributed by atoms with E-state index in [2.05, 4.69) is 28.6 Å². The lowest BCUT2D eigenvalue weighted by molar-refractivity contribution is -0.137. The Kier molecular flexibility index (Phi) is 3.45. The lowest BCUT2D eigenvalue weighted by Gasteiger charge is -2.30. The first kappa shape index (κ1) is 12.1. The SMILES string of the molecule is CCC(CC)C(=O)N1CCn2c(C)nnc2C1. The van der Waals surface area contributed by atoms with Crippen molar-refractivity contribution >= 4 is 5.91 Å². The summed E-state index contributed by atoms with van der Waals surface area (Å²) in [6.07, 6.45) is 1.83. The number of carbonyl (C=O) groups is 1. The zero-order valence-electron chi connectivity index (χ0n) is 10.8. The van der Waals surface area contributed by atoms with Crippen LogP contribution in [0.15, 0.2) is 0 Å². The second-order valence-electron chi connectivity index (χ2n) is 4.59. The first-order chi connectivity index (χ1) is 8.17. The number of fused-ring (bicyclic) bond motifs is 1. The Hall–Kier alpha value is -1.39. The first-order valence-electron chi connectivity index (χ1n) is 6.34. The monoisotopic (exact) mass is 236 g/mol. The molecule has 2 heterocycles. The van der Waals surface area contributed by atoms with Crippen molar-refractivity contribution in [3.63, 3.8) is 0 Å². The van der Waals surface area contributed by atoms with Crippen LogP contribution in [0.25, 0.3) is 0 Å². The molecule has 94 valence electrons. The standard InChI is InChI=1S/C12H20N4O/c1-4-10(5-2)12(17)15-6-7-16-9(3)13-14-11(16)8-15/h10H,4-8H2,1-3H3. The molecule has 1 aromatic heterocycles. The van der Waals surface area contributed by atoms with Crippen LogP contribution in [0.1, 0.15) is 38.3 Å². The largest absolute Gasteiger partial charge is 0.333 e. The zero-order chi connectivity index (χ0) is 12.4. The molecule has 0 bridgehead atoms. The maximum Gasteiger partial charge on any atom is 0.226 e. The number of aryl methyl sites for hydroxylation is 1. The molecule has 1 aromatic rings. The molecule has 1 aliphatic rings. The first-order valence-corrected chi connectivity index (χ1v) is 6.34. The van der Waals surface area contributed by atoms with E-state index < -0.39 is 0 Å². The lowest BCUT2D eigenvalue weighted by atomic mass is 10.0. The van der Waals surface area contributed by atoms with Crippen molar-refractivity contribution in [3.05, 3.63) is 11.6 Å².